The van der Waals surface area contributed by atoms with Gasteiger partial charge in [-0.25, -0.2) is 4.99 Å². The predicted octanol–water partition coefficient (Wildman–Crippen LogP) is 6.01. The largest absolute Gasteiger partial charge is 0.353 e. The van der Waals surface area contributed by atoms with Crippen LogP contribution < -0.4 is 10.2 Å². The molecule has 2 aromatic carbocycles. The lowest BCUT2D eigenvalue weighted by Gasteiger charge is -2.33. The minimum Gasteiger partial charge on any atom is -0.353 e. The molecule has 2 aliphatic heterocycles. The van der Waals surface area contributed by atoms with Crippen LogP contribution in [0.2, 0.25) is 0 Å². The third-order valence-corrected chi connectivity index (χ3v) is 8.83. The lowest BCUT2D eigenvalue weighted by molar-refractivity contribution is 0.0836. The van der Waals surface area contributed by atoms with Gasteiger partial charge < -0.3 is 5.32 Å². The maximum Gasteiger partial charge on any atom is 0.281 e. The van der Waals surface area contributed by atoms with Crippen LogP contribution in [0.3, 0.4) is 0 Å². The lowest BCUT2D eigenvalue weighted by atomic mass is 9.96. The Kier molecular flexibility index (Phi) is 6.99. The normalized spacial score (nSPS) is 19.4. The molecule has 1 aromatic heterocycles. The molecule has 0 spiro atoms. The number of hydrogen-bond donors (Lipinski definition) is 1. The molecule has 0 saturated heterocycles. The summed E-state index contributed by atoms with van der Waals surface area (Å²) >= 11 is 3.69. The summed E-state index contributed by atoms with van der Waals surface area (Å²) in [5.74, 6) is 2.24. The van der Waals surface area contributed by atoms with Crippen LogP contribution in [-0.2, 0) is 13.0 Å². The Bertz CT molecular complexity index is 1360. The van der Waals surface area contributed by atoms with Crippen LogP contribution in [0, 0.1) is 6.92 Å². The summed E-state index contributed by atoms with van der Waals surface area (Å²) in [6, 6.07) is 17.3. The van der Waals surface area contributed by atoms with Gasteiger partial charge in [0.05, 0.1) is 19.1 Å². The van der Waals surface area contributed by atoms with Crippen LogP contribution in [-0.4, -0.2) is 51.5 Å². The van der Waals surface area contributed by atoms with E-state index >= 15 is 0 Å². The minimum absolute atomic E-state index is 0.0202. The highest BCUT2D eigenvalue weighted by molar-refractivity contribution is 9.10. The summed E-state index contributed by atoms with van der Waals surface area (Å²) in [6.07, 6.45) is 6.87. The molecule has 38 heavy (non-hydrogen) atoms. The molecule has 198 valence electrons. The number of aliphatic imine (C=N–C) groups is 1. The average Bonchev–Trinajstić information content (AvgIpc) is 3.49. The Morgan fingerprint density at radius 2 is 1.84 bits per heavy atom. The highest BCUT2D eigenvalue weighted by Crippen LogP contribution is 2.36. The second-order valence-corrected chi connectivity index (χ2v) is 11.5. The van der Waals surface area contributed by atoms with E-state index in [2.05, 4.69) is 80.1 Å². The van der Waals surface area contributed by atoms with Gasteiger partial charge in [-0.3, -0.25) is 19.2 Å². The van der Waals surface area contributed by atoms with Crippen LogP contribution in [0.15, 0.2) is 58.0 Å². The number of amides is 1. The Morgan fingerprint density at radius 1 is 1.05 bits per heavy atom. The summed E-state index contributed by atoms with van der Waals surface area (Å²) in [4.78, 5) is 28.2. The fourth-order valence-electron chi connectivity index (χ4n) is 5.91. The predicted molar refractivity (Wildman–Crippen MR) is 156 cm³/mol. The summed E-state index contributed by atoms with van der Waals surface area (Å²) in [6.45, 7) is 5.97. The van der Waals surface area contributed by atoms with Gasteiger partial charge in [0.25, 0.3) is 5.91 Å². The van der Waals surface area contributed by atoms with Crippen molar-refractivity contribution in [2.45, 2.75) is 71.0 Å². The van der Waals surface area contributed by atoms with Gasteiger partial charge >= 0.3 is 0 Å². The zero-order chi connectivity index (χ0) is 26.2. The molecule has 3 aliphatic rings. The van der Waals surface area contributed by atoms with Crippen molar-refractivity contribution >= 4 is 39.6 Å². The molecule has 8 heteroatoms. The smallest absolute Gasteiger partial charge is 0.281 e. The maximum absolute atomic E-state index is 14.0. The third-order valence-electron chi connectivity index (χ3n) is 7.97. The van der Waals surface area contributed by atoms with E-state index in [1.54, 1.807) is 0 Å². The number of carbonyl (C=O) groups excluding carboxylic acids is 1. The molecule has 1 amide bonds. The molecule has 1 aliphatic carbocycles. The van der Waals surface area contributed by atoms with Crippen LogP contribution >= 0.6 is 15.9 Å². The van der Waals surface area contributed by atoms with Gasteiger partial charge in [-0.05, 0) is 55.9 Å². The number of rotatable bonds is 7. The van der Waals surface area contributed by atoms with Crippen LogP contribution in [0.4, 0.5) is 11.8 Å². The summed E-state index contributed by atoms with van der Waals surface area (Å²) in [5.41, 5.74) is 4.23. The second-order valence-electron chi connectivity index (χ2n) is 10.7. The number of imidazole rings is 1. The Balaban J connectivity index is 1.39. The molecule has 3 heterocycles. The molecule has 3 aromatic rings. The Hall–Kier alpha value is -3.13. The fraction of sp³-hybridized carbons (Fsp3) is 0.433. The van der Waals surface area contributed by atoms with E-state index in [0.717, 1.165) is 53.6 Å². The Morgan fingerprint density at radius 3 is 2.58 bits per heavy atom. The van der Waals surface area contributed by atoms with Crippen molar-refractivity contribution in [3.05, 3.63) is 75.4 Å². The molecular weight excluding hydrogens is 540 g/mol. The molecule has 1 saturated carbocycles. The van der Waals surface area contributed by atoms with Crippen LogP contribution in [0.25, 0.3) is 0 Å². The van der Waals surface area contributed by atoms with E-state index in [1.807, 2.05) is 17.9 Å². The first kappa shape index (κ1) is 25.2. The number of aromatic nitrogens is 2. The zero-order valence-corrected chi connectivity index (χ0v) is 23.7. The number of nitrogens with zero attached hydrogens (tertiary/aromatic N) is 5. The molecule has 1 N–H and O–H groups in total. The van der Waals surface area contributed by atoms with Gasteiger partial charge in [0, 0.05) is 17.1 Å². The van der Waals surface area contributed by atoms with Gasteiger partial charge in [-0.15, -0.1) is 0 Å². The monoisotopic (exact) mass is 574 g/mol. The first-order valence-electron chi connectivity index (χ1n) is 13.8. The number of halogens is 1. The summed E-state index contributed by atoms with van der Waals surface area (Å²) in [5, 5.41) is 3.74. The molecule has 1 fully saturated rings. The first-order chi connectivity index (χ1) is 18.5. The summed E-state index contributed by atoms with van der Waals surface area (Å²) < 4.78 is 3.18. The van der Waals surface area contributed by atoms with E-state index in [0.29, 0.717) is 24.8 Å². The van der Waals surface area contributed by atoms with Gasteiger partial charge in [0.2, 0.25) is 11.9 Å². The van der Waals surface area contributed by atoms with Crippen molar-refractivity contribution in [1.82, 2.24) is 14.5 Å². The summed E-state index contributed by atoms with van der Waals surface area (Å²) in [7, 11) is 0. The van der Waals surface area contributed by atoms with Gasteiger partial charge in [-0.2, -0.15) is 4.98 Å². The average molecular weight is 576 g/mol. The van der Waals surface area contributed by atoms with E-state index in [9.17, 15) is 4.79 Å². The number of anilines is 2. The molecule has 1 atom stereocenters. The third kappa shape index (κ3) is 4.75. The lowest BCUT2D eigenvalue weighted by Crippen LogP contribution is -2.50. The van der Waals surface area contributed by atoms with Crippen molar-refractivity contribution in [3.63, 3.8) is 0 Å². The first-order valence-corrected chi connectivity index (χ1v) is 14.6. The highest BCUT2D eigenvalue weighted by Gasteiger charge is 2.43. The number of nitrogens with one attached hydrogen (secondary N) is 1. The fourth-order valence-corrected chi connectivity index (χ4v) is 6.34. The number of hydrogen-bond acceptors (Lipinski definition) is 5. The van der Waals surface area contributed by atoms with Gasteiger partial charge in [-0.1, -0.05) is 77.7 Å². The number of benzene rings is 2. The maximum atomic E-state index is 14.0. The van der Waals surface area contributed by atoms with E-state index < -0.39 is 0 Å². The minimum atomic E-state index is -0.0202. The topological polar surface area (TPSA) is 65.8 Å². The highest BCUT2D eigenvalue weighted by atomic mass is 79.9. The number of guanidine groups is 1. The van der Waals surface area contributed by atoms with Gasteiger partial charge in [0.15, 0.2) is 11.5 Å². The SMILES string of the molecule is CCN1C(=O)c2c(nc(NC3CCCCC3)n2Cc2ccc(C)c(Br)c2)N2C[C@@H](Cc3ccccc3)N=C12. The molecule has 6 rings (SSSR count). The zero-order valence-electron chi connectivity index (χ0n) is 22.2. The van der Waals surface area contributed by atoms with Crippen LogP contribution in [0.1, 0.15) is 66.2 Å². The second kappa shape index (κ2) is 10.6. The van der Waals surface area contributed by atoms with Crippen molar-refractivity contribution in [2.24, 2.45) is 4.99 Å². The standard InChI is InChI=1S/C30H35BrN6O/c1-3-35-28(38)26-27(37-19-24(33-30(35)37)16-21-10-6-4-7-11-21)34-29(32-23-12-8-5-9-13-23)36(26)18-22-15-14-20(2)25(31)17-22/h4,6-7,10-11,14-15,17,23-24H,3,5,8-9,12-13,16,18-19H2,1-2H3,(H,32,34)/t24-/m1/s1. The number of aryl methyl sites for hydroxylation is 1. The van der Waals surface area contributed by atoms with E-state index in [-0.39, 0.29) is 11.9 Å². The number of fused-ring (bicyclic) bond motifs is 3. The van der Waals surface area contributed by atoms with Crippen molar-refractivity contribution in [2.75, 3.05) is 23.3 Å². The molecule has 7 nitrogen and oxygen atoms in total. The Labute approximate surface area is 233 Å². The van der Waals surface area contributed by atoms with Crippen LogP contribution in [0.5, 0.6) is 0 Å². The quantitative estimate of drug-likeness (QED) is 0.375. The van der Waals surface area contributed by atoms with Gasteiger partial charge in [0.1, 0.15) is 0 Å². The van der Waals surface area contributed by atoms with E-state index in [4.69, 9.17) is 9.98 Å². The molecule has 0 unspecified atom stereocenters. The number of carbonyl (C=O) groups is 1. The van der Waals surface area contributed by atoms with Crippen molar-refractivity contribution < 1.29 is 4.79 Å². The molecule has 0 radical (unpaired) electrons. The van der Waals surface area contributed by atoms with Crippen molar-refractivity contribution in [3.8, 4) is 0 Å². The molecular formula is C30H35BrN6O. The van der Waals surface area contributed by atoms with Crippen molar-refractivity contribution in [1.29, 1.82) is 0 Å². The van der Waals surface area contributed by atoms with E-state index in [1.165, 1.54) is 30.4 Å². The molecule has 0 bridgehead atoms.